The van der Waals surface area contributed by atoms with Gasteiger partial charge in [-0.3, -0.25) is 4.90 Å². The molecule has 0 N–H and O–H groups in total. The summed E-state index contributed by atoms with van der Waals surface area (Å²) in [6.07, 6.45) is 7.62. The van der Waals surface area contributed by atoms with Crippen LogP contribution in [0.25, 0.3) is 0 Å². The van der Waals surface area contributed by atoms with Crippen molar-refractivity contribution >= 4 is 0 Å². The van der Waals surface area contributed by atoms with Gasteiger partial charge in [0, 0.05) is 18.1 Å². The number of hydrogen-bond donors (Lipinski definition) is 0. The molecular weight excluding hydrogens is 182 g/mol. The highest BCUT2D eigenvalue weighted by Gasteiger charge is 2.71. The Bertz CT molecular complexity index is 323. The lowest BCUT2D eigenvalue weighted by atomic mass is 9.68. The van der Waals surface area contributed by atoms with Crippen LogP contribution in [0, 0.1) is 16.7 Å². The summed E-state index contributed by atoms with van der Waals surface area (Å²) in [6, 6.07) is 1.00. The molecule has 4 fully saturated rings. The van der Waals surface area contributed by atoms with Crippen molar-refractivity contribution in [2.24, 2.45) is 16.7 Å². The third-order valence-electron chi connectivity index (χ3n) is 5.96. The molecule has 3 atom stereocenters. The highest BCUT2D eigenvalue weighted by Crippen LogP contribution is 2.70. The lowest BCUT2D eigenvalue weighted by Crippen LogP contribution is -2.51. The van der Waals surface area contributed by atoms with Crippen LogP contribution < -0.4 is 0 Å². The summed E-state index contributed by atoms with van der Waals surface area (Å²) in [4.78, 5) is 2.95. The minimum atomic E-state index is 0.493. The summed E-state index contributed by atoms with van der Waals surface area (Å²) < 4.78 is 0. The standard InChI is InChI=1S/C14H23N/c1-12(2,3)14-7-10-6-11(10)15(14)9-13(8-14)4-5-13/h10-11H,4-9H2,1-3H3/t10-,11-,14?/m0/s1. The maximum absolute atomic E-state index is 2.95. The van der Waals surface area contributed by atoms with Crippen LogP contribution in [-0.2, 0) is 0 Å². The smallest absolute Gasteiger partial charge is 0.0270 e. The zero-order valence-electron chi connectivity index (χ0n) is 10.3. The van der Waals surface area contributed by atoms with E-state index in [4.69, 9.17) is 0 Å². The summed E-state index contributed by atoms with van der Waals surface area (Å²) in [5, 5.41) is 0. The zero-order chi connectivity index (χ0) is 10.5. The first-order valence-electron chi connectivity index (χ1n) is 6.73. The van der Waals surface area contributed by atoms with E-state index >= 15 is 0 Å². The molecule has 4 rings (SSSR count). The summed E-state index contributed by atoms with van der Waals surface area (Å²) in [7, 11) is 0. The molecule has 0 aromatic carbocycles. The molecule has 1 nitrogen and oxygen atoms in total. The SMILES string of the molecule is CC(C)(C)C12C[C@@H]3C[C@@H]3N1CC1(CC1)C2. The quantitative estimate of drug-likeness (QED) is 0.587. The van der Waals surface area contributed by atoms with E-state index in [1.807, 2.05) is 0 Å². The Hall–Kier alpha value is -0.0400. The van der Waals surface area contributed by atoms with Crippen LogP contribution in [-0.4, -0.2) is 23.0 Å². The highest BCUT2D eigenvalue weighted by atomic mass is 15.3. The normalized spacial score (nSPS) is 50.6. The monoisotopic (exact) mass is 205 g/mol. The molecular formula is C14H23N. The second-order valence-corrected chi connectivity index (χ2v) is 7.85. The van der Waals surface area contributed by atoms with Gasteiger partial charge in [0.15, 0.2) is 0 Å². The number of hydrogen-bond acceptors (Lipinski definition) is 1. The first kappa shape index (κ1) is 9.04. The largest absolute Gasteiger partial charge is 0.293 e. The molecule has 0 radical (unpaired) electrons. The van der Waals surface area contributed by atoms with Crippen LogP contribution in [0.15, 0.2) is 0 Å². The molecule has 2 heterocycles. The Morgan fingerprint density at radius 1 is 1.20 bits per heavy atom. The van der Waals surface area contributed by atoms with Gasteiger partial charge >= 0.3 is 0 Å². The third kappa shape index (κ3) is 0.945. The lowest BCUT2D eigenvalue weighted by Gasteiger charge is -2.46. The van der Waals surface area contributed by atoms with Gasteiger partial charge in [0.2, 0.25) is 0 Å². The van der Waals surface area contributed by atoms with Gasteiger partial charge in [0.25, 0.3) is 0 Å². The van der Waals surface area contributed by atoms with E-state index in [1.165, 1.54) is 38.6 Å². The molecule has 0 amide bonds. The van der Waals surface area contributed by atoms with Crippen LogP contribution >= 0.6 is 0 Å². The van der Waals surface area contributed by atoms with Crippen molar-refractivity contribution in [2.75, 3.05) is 6.54 Å². The van der Waals surface area contributed by atoms with E-state index in [2.05, 4.69) is 25.7 Å². The van der Waals surface area contributed by atoms with Crippen molar-refractivity contribution in [1.82, 2.24) is 4.90 Å². The van der Waals surface area contributed by atoms with Crippen LogP contribution in [0.4, 0.5) is 0 Å². The van der Waals surface area contributed by atoms with Gasteiger partial charge in [0.05, 0.1) is 0 Å². The fourth-order valence-electron chi connectivity index (χ4n) is 4.69. The summed E-state index contributed by atoms with van der Waals surface area (Å²) >= 11 is 0. The van der Waals surface area contributed by atoms with Crippen molar-refractivity contribution in [3.8, 4) is 0 Å². The van der Waals surface area contributed by atoms with Gasteiger partial charge in [0.1, 0.15) is 0 Å². The Morgan fingerprint density at radius 2 is 1.93 bits per heavy atom. The topological polar surface area (TPSA) is 3.24 Å². The Labute approximate surface area is 93.2 Å². The summed E-state index contributed by atoms with van der Waals surface area (Å²) in [6.45, 7) is 8.88. The van der Waals surface area contributed by atoms with Gasteiger partial charge in [-0.2, -0.15) is 0 Å². The van der Waals surface area contributed by atoms with Crippen molar-refractivity contribution in [3.05, 3.63) is 0 Å². The molecule has 4 aliphatic rings. The second kappa shape index (κ2) is 2.16. The molecule has 2 aliphatic carbocycles. The second-order valence-electron chi connectivity index (χ2n) is 7.85. The number of rotatable bonds is 0. The van der Waals surface area contributed by atoms with E-state index < -0.39 is 0 Å². The molecule has 1 unspecified atom stereocenters. The van der Waals surface area contributed by atoms with Crippen molar-refractivity contribution < 1.29 is 0 Å². The predicted octanol–water partition coefficient (Wildman–Crippen LogP) is 3.05. The Kier molecular flexibility index (Phi) is 1.30. The fourth-order valence-corrected chi connectivity index (χ4v) is 4.69. The van der Waals surface area contributed by atoms with E-state index in [-0.39, 0.29) is 0 Å². The van der Waals surface area contributed by atoms with E-state index in [0.717, 1.165) is 17.4 Å². The Morgan fingerprint density at radius 3 is 2.47 bits per heavy atom. The van der Waals surface area contributed by atoms with Crippen LogP contribution in [0.5, 0.6) is 0 Å². The fraction of sp³-hybridized carbons (Fsp3) is 1.00. The molecule has 84 valence electrons. The Balaban J connectivity index is 1.76. The van der Waals surface area contributed by atoms with E-state index in [0.29, 0.717) is 11.0 Å². The first-order valence-corrected chi connectivity index (χ1v) is 6.73. The van der Waals surface area contributed by atoms with Crippen molar-refractivity contribution in [3.63, 3.8) is 0 Å². The van der Waals surface area contributed by atoms with Crippen molar-refractivity contribution in [1.29, 1.82) is 0 Å². The predicted molar refractivity (Wildman–Crippen MR) is 61.7 cm³/mol. The molecule has 2 saturated carbocycles. The van der Waals surface area contributed by atoms with Crippen LogP contribution in [0.2, 0.25) is 0 Å². The van der Waals surface area contributed by atoms with Crippen LogP contribution in [0.1, 0.15) is 52.9 Å². The molecule has 1 spiro atoms. The van der Waals surface area contributed by atoms with Gasteiger partial charge in [-0.25, -0.2) is 0 Å². The van der Waals surface area contributed by atoms with Gasteiger partial charge < -0.3 is 0 Å². The zero-order valence-corrected chi connectivity index (χ0v) is 10.3. The number of nitrogens with zero attached hydrogens (tertiary/aromatic N) is 1. The average Bonchev–Trinajstić information content (AvgIpc) is 2.90. The van der Waals surface area contributed by atoms with Crippen molar-refractivity contribution in [2.45, 2.75) is 64.5 Å². The number of piperidine rings is 1. The number of fused-ring (bicyclic) bond motifs is 3. The summed E-state index contributed by atoms with van der Waals surface area (Å²) in [5.74, 6) is 1.08. The average molecular weight is 205 g/mol. The minimum Gasteiger partial charge on any atom is -0.293 e. The molecule has 2 saturated heterocycles. The van der Waals surface area contributed by atoms with Crippen LogP contribution in [0.3, 0.4) is 0 Å². The minimum absolute atomic E-state index is 0.493. The maximum atomic E-state index is 2.95. The van der Waals surface area contributed by atoms with Gasteiger partial charge in [-0.15, -0.1) is 0 Å². The van der Waals surface area contributed by atoms with E-state index in [1.54, 1.807) is 0 Å². The molecule has 2 aliphatic heterocycles. The maximum Gasteiger partial charge on any atom is 0.0270 e. The molecule has 0 aromatic heterocycles. The highest BCUT2D eigenvalue weighted by molar-refractivity contribution is 5.25. The summed E-state index contributed by atoms with van der Waals surface area (Å²) in [5.41, 5.74) is 1.88. The third-order valence-corrected chi connectivity index (χ3v) is 5.96. The lowest BCUT2D eigenvalue weighted by molar-refractivity contribution is 0.0422. The molecule has 0 bridgehead atoms. The van der Waals surface area contributed by atoms with Gasteiger partial charge in [-0.1, -0.05) is 20.8 Å². The molecule has 1 heteroatoms. The molecule has 0 aromatic rings. The van der Waals surface area contributed by atoms with Gasteiger partial charge in [-0.05, 0) is 48.9 Å². The van der Waals surface area contributed by atoms with E-state index in [9.17, 15) is 0 Å². The first-order chi connectivity index (χ1) is 6.96. The molecule has 15 heavy (non-hydrogen) atoms.